The molecule has 1 aromatic carbocycles. The van der Waals surface area contributed by atoms with Crippen LogP contribution in [-0.2, 0) is 6.42 Å². The first-order valence-electron chi connectivity index (χ1n) is 5.18. The Morgan fingerprint density at radius 3 is 2.53 bits per heavy atom. The topological polar surface area (TPSA) is 38.9 Å². The predicted molar refractivity (Wildman–Crippen MR) is 63.8 cm³/mol. The van der Waals surface area contributed by atoms with E-state index in [0.29, 0.717) is 6.42 Å². The van der Waals surface area contributed by atoms with E-state index in [-0.39, 0.29) is 5.56 Å². The van der Waals surface area contributed by atoms with Crippen molar-refractivity contribution in [3.63, 3.8) is 0 Å². The van der Waals surface area contributed by atoms with Crippen molar-refractivity contribution in [1.29, 1.82) is 0 Å². The number of nitrogens with two attached hydrogens (primary N) is 1. The minimum atomic E-state index is -0.707. The second-order valence-electron chi connectivity index (χ2n) is 3.83. The first-order valence-corrected chi connectivity index (χ1v) is 6.06. The van der Waals surface area contributed by atoms with Gasteiger partial charge in [-0.25, -0.2) is 13.8 Å². The molecule has 0 aliphatic heterocycles. The molecule has 0 spiro atoms. The number of nitrogens with zero attached hydrogens (tertiary/aromatic N) is 1. The third-order valence-electron chi connectivity index (χ3n) is 2.43. The van der Waals surface area contributed by atoms with Crippen molar-refractivity contribution in [2.24, 2.45) is 5.73 Å². The fraction of sp³-hybridized carbons (Fsp3) is 0.250. The summed E-state index contributed by atoms with van der Waals surface area (Å²) >= 11 is 1.45. The second-order valence-corrected chi connectivity index (χ2v) is 4.77. The molecular formula is C12H12F2N2S. The third-order valence-corrected chi connectivity index (χ3v) is 3.42. The summed E-state index contributed by atoms with van der Waals surface area (Å²) < 4.78 is 26.9. The number of thiazole rings is 1. The van der Waals surface area contributed by atoms with E-state index in [1.807, 2.05) is 12.3 Å². The summed E-state index contributed by atoms with van der Waals surface area (Å²) in [4.78, 5) is 4.23. The zero-order valence-corrected chi connectivity index (χ0v) is 10.1. The standard InChI is InChI=1S/C12H12F2N2S/c1-7-6-17-11(16-7)5-10(15)12-8(13)3-2-4-9(12)14/h2-4,6,10H,5,15H2,1H3. The highest BCUT2D eigenvalue weighted by atomic mass is 32.1. The minimum Gasteiger partial charge on any atom is -0.323 e. The van der Waals surface area contributed by atoms with Crippen molar-refractivity contribution in [3.05, 3.63) is 51.5 Å². The van der Waals surface area contributed by atoms with Gasteiger partial charge in [0.15, 0.2) is 0 Å². The monoisotopic (exact) mass is 254 g/mol. The van der Waals surface area contributed by atoms with E-state index >= 15 is 0 Å². The summed E-state index contributed by atoms with van der Waals surface area (Å²) in [7, 11) is 0. The lowest BCUT2D eigenvalue weighted by Crippen LogP contribution is -2.16. The molecule has 17 heavy (non-hydrogen) atoms. The molecule has 0 amide bonds. The maximum absolute atomic E-state index is 13.5. The largest absolute Gasteiger partial charge is 0.323 e. The molecule has 1 aromatic heterocycles. The van der Waals surface area contributed by atoms with Gasteiger partial charge in [-0.05, 0) is 19.1 Å². The third kappa shape index (κ3) is 2.68. The van der Waals surface area contributed by atoms with Gasteiger partial charge in [-0.1, -0.05) is 6.07 Å². The number of benzene rings is 1. The molecule has 1 atom stereocenters. The van der Waals surface area contributed by atoms with Gasteiger partial charge < -0.3 is 5.73 Å². The van der Waals surface area contributed by atoms with Gasteiger partial charge in [0.2, 0.25) is 0 Å². The van der Waals surface area contributed by atoms with Crippen LogP contribution in [0.25, 0.3) is 0 Å². The van der Waals surface area contributed by atoms with Crippen LogP contribution in [0, 0.1) is 18.6 Å². The smallest absolute Gasteiger partial charge is 0.130 e. The first-order chi connectivity index (χ1) is 8.08. The van der Waals surface area contributed by atoms with E-state index in [1.165, 1.54) is 29.5 Å². The van der Waals surface area contributed by atoms with Crippen LogP contribution < -0.4 is 5.73 Å². The van der Waals surface area contributed by atoms with Crippen molar-refractivity contribution >= 4 is 11.3 Å². The van der Waals surface area contributed by atoms with Crippen LogP contribution in [0.4, 0.5) is 8.78 Å². The number of aryl methyl sites for hydroxylation is 1. The molecule has 2 aromatic rings. The van der Waals surface area contributed by atoms with E-state index in [4.69, 9.17) is 5.73 Å². The Bertz CT molecular complexity index is 505. The first kappa shape index (κ1) is 12.1. The van der Waals surface area contributed by atoms with Crippen LogP contribution in [0.3, 0.4) is 0 Å². The van der Waals surface area contributed by atoms with Gasteiger partial charge >= 0.3 is 0 Å². The molecule has 2 N–H and O–H groups in total. The van der Waals surface area contributed by atoms with Crippen LogP contribution >= 0.6 is 11.3 Å². The molecule has 90 valence electrons. The molecule has 0 saturated carbocycles. The van der Waals surface area contributed by atoms with Gasteiger partial charge in [0.25, 0.3) is 0 Å². The molecule has 0 aliphatic carbocycles. The molecule has 0 radical (unpaired) electrons. The molecule has 5 heteroatoms. The Kier molecular flexibility index (Phi) is 3.49. The van der Waals surface area contributed by atoms with Crippen LogP contribution in [0.2, 0.25) is 0 Å². The summed E-state index contributed by atoms with van der Waals surface area (Å²) in [6, 6.07) is 3.05. The fourth-order valence-electron chi connectivity index (χ4n) is 1.65. The van der Waals surface area contributed by atoms with Crippen molar-refractivity contribution in [1.82, 2.24) is 4.98 Å². The highest BCUT2D eigenvalue weighted by molar-refractivity contribution is 7.09. The van der Waals surface area contributed by atoms with Gasteiger partial charge in [0.1, 0.15) is 11.6 Å². The average molecular weight is 254 g/mol. The van der Waals surface area contributed by atoms with Gasteiger partial charge in [0, 0.05) is 29.1 Å². The molecular weight excluding hydrogens is 242 g/mol. The summed E-state index contributed by atoms with van der Waals surface area (Å²) in [5.74, 6) is -1.21. The lowest BCUT2D eigenvalue weighted by molar-refractivity contribution is 0.524. The van der Waals surface area contributed by atoms with Crippen molar-refractivity contribution in [3.8, 4) is 0 Å². The lowest BCUT2D eigenvalue weighted by Gasteiger charge is -2.12. The number of hydrogen-bond donors (Lipinski definition) is 1. The number of rotatable bonds is 3. The number of hydrogen-bond acceptors (Lipinski definition) is 3. The van der Waals surface area contributed by atoms with E-state index in [2.05, 4.69) is 4.98 Å². The summed E-state index contributed by atoms with van der Waals surface area (Å²) in [6.07, 6.45) is 0.344. The van der Waals surface area contributed by atoms with Crippen molar-refractivity contribution in [2.75, 3.05) is 0 Å². The van der Waals surface area contributed by atoms with Gasteiger partial charge in [-0.2, -0.15) is 0 Å². The van der Waals surface area contributed by atoms with Crippen LogP contribution in [0.15, 0.2) is 23.6 Å². The van der Waals surface area contributed by atoms with E-state index < -0.39 is 17.7 Å². The zero-order valence-electron chi connectivity index (χ0n) is 9.28. The summed E-state index contributed by atoms with van der Waals surface area (Å²) in [5, 5.41) is 2.68. The molecule has 1 heterocycles. The number of halogens is 2. The lowest BCUT2D eigenvalue weighted by atomic mass is 10.0. The SMILES string of the molecule is Cc1csc(CC(N)c2c(F)cccc2F)n1. The van der Waals surface area contributed by atoms with Gasteiger partial charge in [-0.3, -0.25) is 0 Å². The van der Waals surface area contributed by atoms with Crippen LogP contribution in [0.1, 0.15) is 22.3 Å². The molecule has 0 saturated heterocycles. The maximum atomic E-state index is 13.5. The molecule has 0 fully saturated rings. The zero-order chi connectivity index (χ0) is 12.4. The Morgan fingerprint density at radius 1 is 1.35 bits per heavy atom. The van der Waals surface area contributed by atoms with Crippen molar-refractivity contribution < 1.29 is 8.78 Å². The quantitative estimate of drug-likeness (QED) is 0.914. The average Bonchev–Trinajstić information content (AvgIpc) is 2.63. The number of aromatic nitrogens is 1. The maximum Gasteiger partial charge on any atom is 0.130 e. The normalized spacial score (nSPS) is 12.7. The van der Waals surface area contributed by atoms with Gasteiger partial charge in [-0.15, -0.1) is 11.3 Å². The highest BCUT2D eigenvalue weighted by Gasteiger charge is 2.17. The summed E-state index contributed by atoms with van der Waals surface area (Å²) in [6.45, 7) is 1.87. The van der Waals surface area contributed by atoms with E-state index in [0.717, 1.165) is 10.7 Å². The van der Waals surface area contributed by atoms with Crippen LogP contribution in [0.5, 0.6) is 0 Å². The molecule has 0 aliphatic rings. The highest BCUT2D eigenvalue weighted by Crippen LogP contribution is 2.23. The fourth-order valence-corrected chi connectivity index (χ4v) is 2.48. The van der Waals surface area contributed by atoms with Gasteiger partial charge in [0.05, 0.1) is 5.01 Å². The summed E-state index contributed by atoms with van der Waals surface area (Å²) in [5.41, 5.74) is 6.65. The molecule has 2 nitrogen and oxygen atoms in total. The van der Waals surface area contributed by atoms with E-state index in [9.17, 15) is 8.78 Å². The molecule has 1 unspecified atom stereocenters. The Hall–Kier alpha value is -1.33. The predicted octanol–water partition coefficient (Wildman–Crippen LogP) is 2.97. The van der Waals surface area contributed by atoms with E-state index in [1.54, 1.807) is 0 Å². The Balaban J connectivity index is 2.22. The van der Waals surface area contributed by atoms with Crippen LogP contribution in [-0.4, -0.2) is 4.98 Å². The second kappa shape index (κ2) is 4.89. The molecule has 0 bridgehead atoms. The Morgan fingerprint density at radius 2 is 2.00 bits per heavy atom. The van der Waals surface area contributed by atoms with Crippen molar-refractivity contribution in [2.45, 2.75) is 19.4 Å². The molecule has 2 rings (SSSR count). The Labute approximate surface area is 102 Å². The minimum absolute atomic E-state index is 0.0691.